The van der Waals surface area contributed by atoms with E-state index in [1.54, 1.807) is 0 Å². The molecule has 2 aliphatic heterocycles. The van der Waals surface area contributed by atoms with Crippen LogP contribution in [0.5, 0.6) is 0 Å². The van der Waals surface area contributed by atoms with Gasteiger partial charge in [0, 0.05) is 19.6 Å². The van der Waals surface area contributed by atoms with Crippen molar-refractivity contribution < 1.29 is 28.7 Å². The van der Waals surface area contributed by atoms with Crippen molar-refractivity contribution in [1.29, 1.82) is 0 Å². The minimum Gasteiger partial charge on any atom is -0.449 e. The molecule has 2 aliphatic rings. The van der Waals surface area contributed by atoms with E-state index in [1.807, 2.05) is 6.92 Å². The van der Waals surface area contributed by atoms with Crippen LogP contribution >= 0.6 is 0 Å². The number of amides is 5. The molecule has 0 unspecified atom stereocenters. The van der Waals surface area contributed by atoms with Crippen LogP contribution in [0.25, 0.3) is 0 Å². The normalized spacial score (nSPS) is 16.9. The van der Waals surface area contributed by atoms with Gasteiger partial charge in [0.15, 0.2) is 6.10 Å². The van der Waals surface area contributed by atoms with Crippen molar-refractivity contribution in [3.8, 4) is 0 Å². The fraction of sp³-hybridized carbons (Fsp3) is 0.421. The van der Waals surface area contributed by atoms with Crippen LogP contribution in [-0.4, -0.2) is 65.3 Å². The van der Waals surface area contributed by atoms with Gasteiger partial charge in [-0.25, -0.2) is 9.59 Å². The molecule has 1 atom stereocenters. The summed E-state index contributed by atoms with van der Waals surface area (Å²) in [7, 11) is 0. The predicted molar refractivity (Wildman–Crippen MR) is 96.7 cm³/mol. The number of nitrogens with zero attached hydrogens (tertiary/aromatic N) is 2. The molecule has 148 valence electrons. The highest BCUT2D eigenvalue weighted by Gasteiger charge is 2.36. The number of hydrogen-bond donors (Lipinski definition) is 1. The van der Waals surface area contributed by atoms with Crippen molar-refractivity contribution in [2.75, 3.05) is 19.6 Å². The largest absolute Gasteiger partial charge is 0.449 e. The molecule has 5 amide bonds. The lowest BCUT2D eigenvalue weighted by molar-refractivity contribution is -0.136. The zero-order valence-electron chi connectivity index (χ0n) is 15.7. The maximum absolute atomic E-state index is 12.5. The number of unbranched alkanes of at least 4 members (excludes halogenated alkanes) is 1. The first-order valence-electron chi connectivity index (χ1n) is 9.15. The predicted octanol–water partition coefficient (Wildman–Crippen LogP) is 1.18. The number of hydrogen-bond acceptors (Lipinski definition) is 6. The number of carbonyl (C=O) groups is 5. The Kier molecular flexibility index (Phi) is 5.43. The number of esters is 1. The first-order valence-corrected chi connectivity index (χ1v) is 9.15. The topological polar surface area (TPSA) is 113 Å². The number of ether oxygens (including phenoxy) is 1. The second-order valence-corrected chi connectivity index (χ2v) is 6.65. The van der Waals surface area contributed by atoms with Crippen molar-refractivity contribution >= 4 is 29.7 Å². The third-order valence-corrected chi connectivity index (χ3v) is 4.70. The summed E-state index contributed by atoms with van der Waals surface area (Å²) >= 11 is 0. The molecular formula is C19H21N3O6. The minimum atomic E-state index is -1.16. The van der Waals surface area contributed by atoms with E-state index < -0.39 is 29.9 Å². The van der Waals surface area contributed by atoms with Crippen LogP contribution in [-0.2, 0) is 9.53 Å². The Morgan fingerprint density at radius 2 is 1.89 bits per heavy atom. The molecule has 0 bridgehead atoms. The molecule has 1 saturated heterocycles. The van der Waals surface area contributed by atoms with Crippen LogP contribution in [0, 0.1) is 0 Å². The molecule has 9 nitrogen and oxygen atoms in total. The van der Waals surface area contributed by atoms with Crippen molar-refractivity contribution in [3.05, 3.63) is 34.9 Å². The van der Waals surface area contributed by atoms with Gasteiger partial charge in [-0.05, 0) is 31.5 Å². The maximum atomic E-state index is 12.5. The fourth-order valence-corrected chi connectivity index (χ4v) is 3.12. The Morgan fingerprint density at radius 1 is 1.18 bits per heavy atom. The highest BCUT2D eigenvalue weighted by Crippen LogP contribution is 2.25. The lowest BCUT2D eigenvalue weighted by Gasteiger charge is -2.18. The fourth-order valence-electron chi connectivity index (χ4n) is 3.12. The van der Waals surface area contributed by atoms with Crippen LogP contribution in [0.3, 0.4) is 0 Å². The number of rotatable bonds is 6. The van der Waals surface area contributed by atoms with Crippen LogP contribution < -0.4 is 5.32 Å². The van der Waals surface area contributed by atoms with Crippen molar-refractivity contribution in [3.63, 3.8) is 0 Å². The second kappa shape index (κ2) is 7.79. The van der Waals surface area contributed by atoms with Crippen molar-refractivity contribution in [2.45, 2.75) is 32.8 Å². The van der Waals surface area contributed by atoms with E-state index >= 15 is 0 Å². The van der Waals surface area contributed by atoms with Gasteiger partial charge in [0.1, 0.15) is 0 Å². The molecule has 1 aromatic rings. The Morgan fingerprint density at radius 3 is 2.54 bits per heavy atom. The molecule has 1 fully saturated rings. The van der Waals surface area contributed by atoms with Gasteiger partial charge in [0.2, 0.25) is 0 Å². The van der Waals surface area contributed by atoms with Gasteiger partial charge in [0.25, 0.3) is 17.7 Å². The average Bonchev–Trinajstić information content (AvgIpc) is 3.21. The van der Waals surface area contributed by atoms with Crippen molar-refractivity contribution in [1.82, 2.24) is 15.1 Å². The van der Waals surface area contributed by atoms with Crippen LogP contribution in [0.15, 0.2) is 18.2 Å². The smallest absolute Gasteiger partial charge is 0.338 e. The molecule has 0 aliphatic carbocycles. The Balaban J connectivity index is 1.72. The summed E-state index contributed by atoms with van der Waals surface area (Å²) in [6.45, 7) is 4.22. The number of fused-ring (bicyclic) bond motifs is 1. The van der Waals surface area contributed by atoms with E-state index in [9.17, 15) is 24.0 Å². The van der Waals surface area contributed by atoms with E-state index in [0.29, 0.717) is 19.5 Å². The number of nitrogens with one attached hydrogen (secondary N) is 1. The first kappa shape index (κ1) is 19.5. The zero-order chi connectivity index (χ0) is 20.4. The third-order valence-electron chi connectivity index (χ3n) is 4.70. The quantitative estimate of drug-likeness (QED) is 0.579. The highest BCUT2D eigenvalue weighted by atomic mass is 16.5. The summed E-state index contributed by atoms with van der Waals surface area (Å²) in [5, 5.41) is 2.50. The molecular weight excluding hydrogens is 366 g/mol. The summed E-state index contributed by atoms with van der Waals surface area (Å²) in [6, 6.07) is 3.58. The van der Waals surface area contributed by atoms with Gasteiger partial charge in [-0.1, -0.05) is 13.3 Å². The standard InChI is InChI=1S/C19H21N3O6/c1-3-4-8-21-16(24)13-6-5-12(10-14(13)17(21)25)18(26)28-11(2)15(23)22-9-7-20-19(22)27/h5-6,10-11H,3-4,7-9H2,1-2H3,(H,20,27)/t11-/m1/s1. The van der Waals surface area contributed by atoms with Gasteiger partial charge in [-0.3, -0.25) is 24.2 Å². The molecule has 3 rings (SSSR count). The molecule has 0 saturated carbocycles. The number of carbonyl (C=O) groups excluding carboxylic acids is 5. The molecule has 28 heavy (non-hydrogen) atoms. The van der Waals surface area contributed by atoms with Crippen molar-refractivity contribution in [2.24, 2.45) is 0 Å². The van der Waals surface area contributed by atoms with Gasteiger partial charge in [-0.2, -0.15) is 0 Å². The van der Waals surface area contributed by atoms with Gasteiger partial charge in [0.05, 0.1) is 16.7 Å². The Bertz CT molecular complexity index is 865. The molecule has 9 heteroatoms. The van der Waals surface area contributed by atoms with Gasteiger partial charge >= 0.3 is 12.0 Å². The van der Waals surface area contributed by atoms with E-state index in [2.05, 4.69) is 5.32 Å². The van der Waals surface area contributed by atoms with E-state index in [0.717, 1.165) is 11.3 Å². The lowest BCUT2D eigenvalue weighted by Crippen LogP contribution is -2.41. The summed E-state index contributed by atoms with van der Waals surface area (Å²) < 4.78 is 5.15. The van der Waals surface area contributed by atoms with E-state index in [-0.39, 0.29) is 29.1 Å². The highest BCUT2D eigenvalue weighted by molar-refractivity contribution is 6.22. The Labute approximate surface area is 161 Å². The molecule has 1 N–H and O–H groups in total. The average molecular weight is 387 g/mol. The first-order chi connectivity index (χ1) is 13.3. The van der Waals surface area contributed by atoms with Crippen LogP contribution in [0.2, 0.25) is 0 Å². The molecule has 1 aromatic carbocycles. The summed E-state index contributed by atoms with van der Waals surface area (Å²) in [5.41, 5.74) is 0.451. The molecule has 2 heterocycles. The number of urea groups is 1. The summed E-state index contributed by atoms with van der Waals surface area (Å²) in [4.78, 5) is 63.1. The molecule has 0 spiro atoms. The summed E-state index contributed by atoms with van der Waals surface area (Å²) in [6.07, 6.45) is 0.374. The third kappa shape index (κ3) is 3.47. The molecule has 0 aromatic heterocycles. The Hall–Kier alpha value is -3.23. The SMILES string of the molecule is CCCCN1C(=O)c2ccc(C(=O)O[C@H](C)C(=O)N3CCNC3=O)cc2C1=O. The van der Waals surface area contributed by atoms with Crippen LogP contribution in [0.1, 0.15) is 57.8 Å². The number of imide groups is 2. The minimum absolute atomic E-state index is 0.0581. The van der Waals surface area contributed by atoms with Gasteiger partial charge in [-0.15, -0.1) is 0 Å². The van der Waals surface area contributed by atoms with E-state index in [4.69, 9.17) is 4.74 Å². The zero-order valence-corrected chi connectivity index (χ0v) is 15.7. The summed E-state index contributed by atoms with van der Waals surface area (Å²) in [5.74, 6) is -2.25. The lowest BCUT2D eigenvalue weighted by atomic mass is 10.1. The molecule has 0 radical (unpaired) electrons. The van der Waals surface area contributed by atoms with Crippen LogP contribution in [0.4, 0.5) is 4.79 Å². The van der Waals surface area contributed by atoms with E-state index in [1.165, 1.54) is 30.0 Å². The maximum Gasteiger partial charge on any atom is 0.338 e. The monoisotopic (exact) mass is 387 g/mol. The van der Waals surface area contributed by atoms with Gasteiger partial charge < -0.3 is 10.1 Å². The second-order valence-electron chi connectivity index (χ2n) is 6.65. The number of benzene rings is 1.